The first-order chi connectivity index (χ1) is 5.08. The lowest BCUT2D eigenvalue weighted by molar-refractivity contribution is 0.468. The summed E-state index contributed by atoms with van der Waals surface area (Å²) < 4.78 is 35.6. The molecule has 0 amide bonds. The van der Waals surface area contributed by atoms with E-state index in [0.717, 1.165) is 0 Å². The molecule has 0 heterocycles. The van der Waals surface area contributed by atoms with Gasteiger partial charge in [0.15, 0.2) is 0 Å². The van der Waals surface area contributed by atoms with Gasteiger partial charge >= 0.3 is 9.08 Å². The van der Waals surface area contributed by atoms with Crippen LogP contribution in [0.15, 0.2) is 30.3 Å². The summed E-state index contributed by atoms with van der Waals surface area (Å²) in [5.74, 6) is 0. The highest BCUT2D eigenvalue weighted by molar-refractivity contribution is 6.57. The van der Waals surface area contributed by atoms with Crippen LogP contribution in [0.2, 0.25) is 0 Å². The van der Waals surface area contributed by atoms with Gasteiger partial charge in [0.1, 0.15) is 0 Å². The molecule has 0 aromatic heterocycles. The van der Waals surface area contributed by atoms with E-state index in [9.17, 15) is 12.3 Å². The fourth-order valence-corrected chi connectivity index (χ4v) is 1.53. The van der Waals surface area contributed by atoms with Crippen molar-refractivity contribution in [2.45, 2.75) is 6.04 Å². The summed E-state index contributed by atoms with van der Waals surface area (Å²) in [6.07, 6.45) is 0. The van der Waals surface area contributed by atoms with Crippen molar-refractivity contribution in [2.75, 3.05) is 0 Å². The van der Waals surface area contributed by atoms with E-state index in [1.165, 1.54) is 12.1 Å². The summed E-state index contributed by atoms with van der Waals surface area (Å²) >= 11 is 0. The molecule has 11 heavy (non-hydrogen) atoms. The maximum atomic E-state index is 11.9. The lowest BCUT2D eigenvalue weighted by Crippen LogP contribution is -2.19. The fraction of sp³-hybridized carbons (Fsp3) is 0.143. The van der Waals surface area contributed by atoms with Crippen LogP contribution < -0.4 is 0 Å². The van der Waals surface area contributed by atoms with Crippen LogP contribution in [0.1, 0.15) is 5.56 Å². The predicted octanol–water partition coefficient (Wildman–Crippen LogP) is 2.62. The highest BCUT2D eigenvalue weighted by Gasteiger charge is 2.36. The number of hydrogen-bond donors (Lipinski definition) is 0. The van der Waals surface area contributed by atoms with Crippen molar-refractivity contribution in [3.05, 3.63) is 35.9 Å². The minimum Gasteiger partial charge on any atom is -0.237 e. The Bertz CT molecular complexity index is 217. The Balaban J connectivity index is 2.66. The van der Waals surface area contributed by atoms with Crippen LogP contribution in [0.25, 0.3) is 0 Å². The monoisotopic (exact) mass is 176 g/mol. The molecule has 0 aliphatic carbocycles. The average Bonchev–Trinajstić information content (AvgIpc) is 1.85. The van der Waals surface area contributed by atoms with Gasteiger partial charge in [-0.05, 0) is 5.56 Å². The first-order valence-corrected chi connectivity index (χ1v) is 5.03. The zero-order chi connectivity index (χ0) is 8.32. The van der Waals surface area contributed by atoms with Crippen LogP contribution >= 0.6 is 0 Å². The standard InChI is InChI=1S/C7H7F3Si/c8-11(9,10)6-7-4-2-1-3-5-7/h1-5H,6H2. The van der Waals surface area contributed by atoms with Crippen LogP contribution in [0.5, 0.6) is 0 Å². The maximum absolute atomic E-state index is 11.9. The van der Waals surface area contributed by atoms with Crippen molar-refractivity contribution in [3.63, 3.8) is 0 Å². The molecule has 4 heteroatoms. The Labute approximate surface area is 64.2 Å². The molecule has 0 unspecified atom stereocenters. The highest BCUT2D eigenvalue weighted by Crippen LogP contribution is 2.15. The Morgan fingerprint density at radius 2 is 1.55 bits per heavy atom. The van der Waals surface area contributed by atoms with Crippen molar-refractivity contribution in [1.82, 2.24) is 0 Å². The molecule has 0 fully saturated rings. The Morgan fingerprint density at radius 3 is 2.00 bits per heavy atom. The minimum absolute atomic E-state index is 0.367. The van der Waals surface area contributed by atoms with Gasteiger partial charge in [0, 0.05) is 0 Å². The summed E-state index contributed by atoms with van der Waals surface area (Å²) in [5.41, 5.74) is 0.367. The molecule has 60 valence electrons. The van der Waals surface area contributed by atoms with Crippen molar-refractivity contribution in [2.24, 2.45) is 0 Å². The van der Waals surface area contributed by atoms with E-state index < -0.39 is 15.1 Å². The molecule has 0 atom stereocenters. The SMILES string of the molecule is F[Si](F)(F)Cc1ccccc1. The third-order valence-corrected chi connectivity index (χ3v) is 2.06. The van der Waals surface area contributed by atoms with Crippen molar-refractivity contribution < 1.29 is 12.3 Å². The summed E-state index contributed by atoms with van der Waals surface area (Å²) in [7, 11) is -5.40. The van der Waals surface area contributed by atoms with Gasteiger partial charge in [-0.15, -0.1) is 0 Å². The van der Waals surface area contributed by atoms with E-state index in [-0.39, 0.29) is 0 Å². The topological polar surface area (TPSA) is 0 Å². The smallest absolute Gasteiger partial charge is 0.237 e. The van der Waals surface area contributed by atoms with Gasteiger partial charge in [-0.25, -0.2) is 12.3 Å². The lowest BCUT2D eigenvalue weighted by atomic mass is 10.2. The molecule has 0 aliphatic heterocycles. The van der Waals surface area contributed by atoms with Gasteiger partial charge in [-0.3, -0.25) is 0 Å². The first-order valence-electron chi connectivity index (χ1n) is 3.18. The second-order valence-corrected chi connectivity index (χ2v) is 3.86. The minimum atomic E-state index is -5.40. The van der Waals surface area contributed by atoms with E-state index in [4.69, 9.17) is 0 Å². The van der Waals surface area contributed by atoms with Gasteiger partial charge in [-0.2, -0.15) is 0 Å². The second-order valence-electron chi connectivity index (χ2n) is 2.28. The zero-order valence-corrected chi connectivity index (χ0v) is 6.73. The Morgan fingerprint density at radius 1 is 1.00 bits per heavy atom. The van der Waals surface area contributed by atoms with Crippen molar-refractivity contribution in [1.29, 1.82) is 0 Å². The molecule has 0 aliphatic rings. The normalized spacial score (nSPS) is 11.5. The Hall–Kier alpha value is -0.773. The van der Waals surface area contributed by atoms with Gasteiger partial charge in [0.05, 0.1) is 6.04 Å². The number of benzene rings is 1. The molecule has 0 N–H and O–H groups in total. The largest absolute Gasteiger partial charge is 0.620 e. The molecule has 1 rings (SSSR count). The second kappa shape index (κ2) is 3.09. The predicted molar refractivity (Wildman–Crippen MR) is 39.2 cm³/mol. The number of halogens is 3. The van der Waals surface area contributed by atoms with E-state index in [1.807, 2.05) is 0 Å². The zero-order valence-electron chi connectivity index (χ0n) is 5.73. The highest BCUT2D eigenvalue weighted by atomic mass is 28.5. The number of hydrogen-bond acceptors (Lipinski definition) is 0. The maximum Gasteiger partial charge on any atom is 0.620 e. The molecule has 1 aromatic carbocycles. The third kappa shape index (κ3) is 3.22. The summed E-state index contributed by atoms with van der Waals surface area (Å²) in [6.45, 7) is 0. The lowest BCUT2D eigenvalue weighted by Gasteiger charge is -2.00. The molecular weight excluding hydrogens is 169 g/mol. The van der Waals surface area contributed by atoms with Crippen molar-refractivity contribution >= 4 is 9.08 Å². The van der Waals surface area contributed by atoms with Gasteiger partial charge in [0.2, 0.25) is 0 Å². The summed E-state index contributed by atoms with van der Waals surface area (Å²) in [4.78, 5) is 0. The summed E-state index contributed by atoms with van der Waals surface area (Å²) in [5, 5.41) is 0. The van der Waals surface area contributed by atoms with Gasteiger partial charge < -0.3 is 0 Å². The van der Waals surface area contributed by atoms with Crippen molar-refractivity contribution in [3.8, 4) is 0 Å². The van der Waals surface area contributed by atoms with Crippen LogP contribution in [-0.4, -0.2) is 9.08 Å². The summed E-state index contributed by atoms with van der Waals surface area (Å²) in [6, 6.07) is 7.25. The molecule has 0 bridgehead atoms. The molecule has 0 saturated heterocycles. The molecular formula is C7H7F3Si. The fourth-order valence-electron chi connectivity index (χ4n) is 0.827. The first kappa shape index (κ1) is 8.32. The molecule has 0 spiro atoms. The third-order valence-electron chi connectivity index (χ3n) is 1.25. The molecule has 0 radical (unpaired) electrons. The van der Waals surface area contributed by atoms with Crippen LogP contribution in [0.3, 0.4) is 0 Å². The van der Waals surface area contributed by atoms with E-state index in [0.29, 0.717) is 5.56 Å². The van der Waals surface area contributed by atoms with Gasteiger partial charge in [-0.1, -0.05) is 30.3 Å². The molecule has 0 nitrogen and oxygen atoms in total. The van der Waals surface area contributed by atoms with E-state index >= 15 is 0 Å². The number of rotatable bonds is 2. The van der Waals surface area contributed by atoms with Crippen LogP contribution in [0, 0.1) is 0 Å². The van der Waals surface area contributed by atoms with Gasteiger partial charge in [0.25, 0.3) is 0 Å². The quantitative estimate of drug-likeness (QED) is 0.480. The molecule has 0 saturated carbocycles. The van der Waals surface area contributed by atoms with Crippen LogP contribution in [-0.2, 0) is 6.04 Å². The van der Waals surface area contributed by atoms with E-state index in [1.54, 1.807) is 18.2 Å². The average molecular weight is 176 g/mol. The molecule has 1 aromatic rings. The van der Waals surface area contributed by atoms with Crippen LogP contribution in [0.4, 0.5) is 12.3 Å². The Kier molecular flexibility index (Phi) is 2.33. The van der Waals surface area contributed by atoms with E-state index in [2.05, 4.69) is 0 Å².